The summed E-state index contributed by atoms with van der Waals surface area (Å²) >= 11 is 6.35. The van der Waals surface area contributed by atoms with Crippen LogP contribution in [0.15, 0.2) is 42.5 Å². The fraction of sp³-hybridized carbons (Fsp3) is 0.480. The summed E-state index contributed by atoms with van der Waals surface area (Å²) in [6.07, 6.45) is 2.12. The van der Waals surface area contributed by atoms with Crippen molar-refractivity contribution in [2.45, 2.75) is 51.5 Å². The third-order valence-corrected chi connectivity index (χ3v) is 9.42. The number of nitrogens with one attached hydrogen (secondary N) is 1. The Morgan fingerprint density at radius 3 is 2.53 bits per heavy atom. The van der Waals surface area contributed by atoms with E-state index in [0.29, 0.717) is 36.5 Å². The summed E-state index contributed by atoms with van der Waals surface area (Å²) in [4.78, 5) is 13.2. The molecule has 1 aliphatic heterocycles. The van der Waals surface area contributed by atoms with Crippen LogP contribution in [0, 0.1) is 12.8 Å². The average Bonchev–Trinajstić information content (AvgIpc) is 3.00. The number of rotatable bonds is 5. The molecule has 0 saturated carbocycles. The number of carbonyl (C=O) groups is 1. The van der Waals surface area contributed by atoms with E-state index in [1.165, 1.54) is 11.1 Å². The van der Waals surface area contributed by atoms with Gasteiger partial charge in [0.25, 0.3) is 5.91 Å². The molecule has 7 heteroatoms. The number of hydrogen-bond acceptors (Lipinski definition) is 3. The Morgan fingerprint density at radius 1 is 1.19 bits per heavy atom. The summed E-state index contributed by atoms with van der Waals surface area (Å²) in [5, 5.41) is 3.70. The molecule has 1 atom stereocenters. The van der Waals surface area contributed by atoms with Gasteiger partial charge in [0, 0.05) is 24.5 Å². The Balaban J connectivity index is 1.59. The number of halogens is 1. The number of aryl methyl sites for hydroxylation is 1. The van der Waals surface area contributed by atoms with Gasteiger partial charge in [-0.25, -0.2) is 12.7 Å². The predicted octanol–water partition coefficient (Wildman–Crippen LogP) is 4.32. The highest BCUT2D eigenvalue weighted by Crippen LogP contribution is 2.47. The van der Waals surface area contributed by atoms with Crippen molar-refractivity contribution in [3.05, 3.63) is 69.7 Å². The normalized spacial score (nSPS) is 20.5. The molecule has 1 fully saturated rings. The summed E-state index contributed by atoms with van der Waals surface area (Å²) in [5.74, 6) is 0.0827. The van der Waals surface area contributed by atoms with Gasteiger partial charge in [-0.2, -0.15) is 0 Å². The van der Waals surface area contributed by atoms with Gasteiger partial charge in [0.15, 0.2) is 0 Å². The monoisotopic (exact) mass is 474 g/mol. The first-order chi connectivity index (χ1) is 15.1. The van der Waals surface area contributed by atoms with E-state index in [0.717, 1.165) is 12.0 Å². The molecular weight excluding hydrogens is 444 g/mol. The van der Waals surface area contributed by atoms with E-state index in [-0.39, 0.29) is 29.0 Å². The summed E-state index contributed by atoms with van der Waals surface area (Å²) in [6, 6.07) is 13.7. The SMILES string of the molecule is Cc1ccc(C(=O)NC2Cc3ccccc3C23CCN(S(=O)(=O)CC(C)C)CC3)c(Cl)c1. The average molecular weight is 475 g/mol. The van der Waals surface area contributed by atoms with Gasteiger partial charge < -0.3 is 5.32 Å². The van der Waals surface area contributed by atoms with Crippen LogP contribution < -0.4 is 5.32 Å². The van der Waals surface area contributed by atoms with Crippen molar-refractivity contribution in [3.8, 4) is 0 Å². The highest BCUT2D eigenvalue weighted by atomic mass is 35.5. The lowest BCUT2D eigenvalue weighted by Crippen LogP contribution is -2.54. The number of sulfonamides is 1. The molecule has 4 rings (SSSR count). The van der Waals surface area contributed by atoms with Gasteiger partial charge in [-0.05, 0) is 60.9 Å². The van der Waals surface area contributed by atoms with Crippen LogP contribution in [0.25, 0.3) is 0 Å². The van der Waals surface area contributed by atoms with Crippen molar-refractivity contribution in [2.75, 3.05) is 18.8 Å². The van der Waals surface area contributed by atoms with Crippen LogP contribution in [-0.4, -0.2) is 43.5 Å². The molecule has 2 aromatic rings. The van der Waals surface area contributed by atoms with Gasteiger partial charge in [0.05, 0.1) is 16.3 Å². The number of piperidine rings is 1. The third kappa shape index (κ3) is 4.33. The Hall–Kier alpha value is -1.89. The Kier molecular flexibility index (Phi) is 6.40. The van der Waals surface area contributed by atoms with E-state index >= 15 is 0 Å². The van der Waals surface area contributed by atoms with E-state index in [2.05, 4.69) is 17.4 Å². The van der Waals surface area contributed by atoms with Crippen molar-refractivity contribution in [3.63, 3.8) is 0 Å². The lowest BCUT2D eigenvalue weighted by atomic mass is 9.71. The Morgan fingerprint density at radius 2 is 1.88 bits per heavy atom. The minimum absolute atomic E-state index is 0.0920. The van der Waals surface area contributed by atoms with Gasteiger partial charge in [-0.1, -0.05) is 55.8 Å². The first-order valence-electron chi connectivity index (χ1n) is 11.3. The van der Waals surface area contributed by atoms with Crippen molar-refractivity contribution in [1.29, 1.82) is 0 Å². The third-order valence-electron chi connectivity index (χ3n) is 6.87. The molecule has 0 bridgehead atoms. The second-order valence-electron chi connectivity index (χ2n) is 9.60. The van der Waals surface area contributed by atoms with Gasteiger partial charge in [-0.15, -0.1) is 0 Å². The van der Waals surface area contributed by atoms with Crippen molar-refractivity contribution >= 4 is 27.5 Å². The second kappa shape index (κ2) is 8.81. The molecule has 32 heavy (non-hydrogen) atoms. The van der Waals surface area contributed by atoms with Gasteiger partial charge in [-0.3, -0.25) is 4.79 Å². The molecule has 1 spiro atoms. The largest absolute Gasteiger partial charge is 0.348 e. The number of hydrogen-bond donors (Lipinski definition) is 1. The minimum atomic E-state index is -3.27. The molecule has 1 saturated heterocycles. The second-order valence-corrected chi connectivity index (χ2v) is 12.0. The smallest absolute Gasteiger partial charge is 0.253 e. The maximum Gasteiger partial charge on any atom is 0.253 e. The fourth-order valence-corrected chi connectivity index (χ4v) is 7.44. The number of amides is 1. The van der Waals surface area contributed by atoms with Crippen molar-refractivity contribution < 1.29 is 13.2 Å². The van der Waals surface area contributed by atoms with Crippen LogP contribution in [0.4, 0.5) is 0 Å². The number of benzene rings is 2. The van der Waals surface area contributed by atoms with Crippen LogP contribution in [0.5, 0.6) is 0 Å². The van der Waals surface area contributed by atoms with Crippen LogP contribution >= 0.6 is 11.6 Å². The molecular formula is C25H31ClN2O3S. The standard InChI is InChI=1S/C25H31ClN2O3S/c1-17(2)16-32(30,31)28-12-10-25(11-13-28)21-7-5-4-6-19(21)15-23(25)27-24(29)20-9-8-18(3)14-22(20)26/h4-9,14,17,23H,10-13,15-16H2,1-3H3,(H,27,29). The zero-order valence-electron chi connectivity index (χ0n) is 18.9. The number of nitrogens with zero attached hydrogens (tertiary/aromatic N) is 1. The maximum absolute atomic E-state index is 13.2. The van der Waals surface area contributed by atoms with Crippen molar-refractivity contribution in [1.82, 2.24) is 9.62 Å². The lowest BCUT2D eigenvalue weighted by Gasteiger charge is -2.43. The van der Waals surface area contributed by atoms with E-state index in [9.17, 15) is 13.2 Å². The molecule has 2 aliphatic rings. The van der Waals surface area contributed by atoms with Gasteiger partial charge in [0.2, 0.25) is 10.0 Å². The zero-order valence-corrected chi connectivity index (χ0v) is 20.5. The predicted molar refractivity (Wildman–Crippen MR) is 129 cm³/mol. The highest BCUT2D eigenvalue weighted by Gasteiger charge is 2.50. The van der Waals surface area contributed by atoms with Crippen LogP contribution in [0.2, 0.25) is 5.02 Å². The minimum Gasteiger partial charge on any atom is -0.348 e. The van der Waals surface area contributed by atoms with Gasteiger partial charge >= 0.3 is 0 Å². The van der Waals surface area contributed by atoms with Crippen LogP contribution in [-0.2, 0) is 21.9 Å². The zero-order chi connectivity index (χ0) is 23.1. The number of fused-ring (bicyclic) bond motifs is 2. The Labute approximate surface area is 196 Å². The molecule has 1 aliphatic carbocycles. The van der Waals surface area contributed by atoms with E-state index < -0.39 is 10.0 Å². The summed E-state index contributed by atoms with van der Waals surface area (Å²) in [6.45, 7) is 6.75. The van der Waals surface area contributed by atoms with E-state index in [4.69, 9.17) is 11.6 Å². The molecule has 2 aromatic carbocycles. The molecule has 1 unspecified atom stereocenters. The van der Waals surface area contributed by atoms with Gasteiger partial charge in [0.1, 0.15) is 0 Å². The quantitative estimate of drug-likeness (QED) is 0.701. The first kappa shape index (κ1) is 23.3. The molecule has 0 radical (unpaired) electrons. The summed E-state index contributed by atoms with van der Waals surface area (Å²) < 4.78 is 27.2. The fourth-order valence-electron chi connectivity index (χ4n) is 5.32. The molecule has 5 nitrogen and oxygen atoms in total. The van der Waals surface area contributed by atoms with E-state index in [1.807, 2.05) is 39.0 Å². The first-order valence-corrected chi connectivity index (χ1v) is 13.2. The lowest BCUT2D eigenvalue weighted by molar-refractivity contribution is 0.0897. The number of carbonyl (C=O) groups excluding carboxylic acids is 1. The molecule has 1 N–H and O–H groups in total. The van der Waals surface area contributed by atoms with Crippen LogP contribution in [0.1, 0.15) is 53.7 Å². The highest BCUT2D eigenvalue weighted by molar-refractivity contribution is 7.89. The van der Waals surface area contributed by atoms with E-state index in [1.54, 1.807) is 16.4 Å². The Bertz CT molecular complexity index is 1120. The maximum atomic E-state index is 13.2. The van der Waals surface area contributed by atoms with Crippen LogP contribution in [0.3, 0.4) is 0 Å². The molecule has 172 valence electrons. The molecule has 1 heterocycles. The summed E-state index contributed by atoms with van der Waals surface area (Å²) in [7, 11) is -3.27. The van der Waals surface area contributed by atoms with Crippen molar-refractivity contribution in [2.24, 2.45) is 5.92 Å². The molecule has 1 amide bonds. The summed E-state index contributed by atoms with van der Waals surface area (Å²) in [5.41, 5.74) is 3.67. The molecule has 0 aromatic heterocycles. The topological polar surface area (TPSA) is 66.5 Å².